The summed E-state index contributed by atoms with van der Waals surface area (Å²) in [5, 5.41) is 8.07. The second-order valence-corrected chi connectivity index (χ2v) is 3.52. The number of fused-ring (bicyclic) bond motifs is 1. The molecule has 1 aromatic carbocycles. The lowest BCUT2D eigenvalue weighted by Crippen LogP contribution is -2.07. The van der Waals surface area contributed by atoms with Crippen molar-refractivity contribution < 1.29 is 4.74 Å². The number of ether oxygens (including phenoxy) is 1. The van der Waals surface area contributed by atoms with E-state index in [1.54, 1.807) is 16.9 Å². The van der Waals surface area contributed by atoms with Gasteiger partial charge in [0, 0.05) is 12.3 Å². The summed E-state index contributed by atoms with van der Waals surface area (Å²) in [5.74, 6) is 0.576. The Balaban J connectivity index is 1.82. The first-order chi connectivity index (χ1) is 8.43. The van der Waals surface area contributed by atoms with Crippen molar-refractivity contribution in [2.75, 3.05) is 0 Å². The van der Waals surface area contributed by atoms with Crippen molar-refractivity contribution in [2.24, 2.45) is 0 Å². The van der Waals surface area contributed by atoms with E-state index in [0.29, 0.717) is 12.6 Å². The molecule has 0 spiro atoms. The molecule has 0 bridgehead atoms. The monoisotopic (exact) mass is 226 g/mol. The van der Waals surface area contributed by atoms with E-state index in [2.05, 4.69) is 15.3 Å². The Hall–Kier alpha value is -2.43. The molecule has 0 aliphatic heterocycles. The third-order valence-corrected chi connectivity index (χ3v) is 2.39. The van der Waals surface area contributed by atoms with E-state index in [1.165, 1.54) is 0 Å². The van der Waals surface area contributed by atoms with Crippen LogP contribution in [0.15, 0.2) is 48.7 Å². The summed E-state index contributed by atoms with van der Waals surface area (Å²) in [6.45, 7) is 0.303. The third kappa shape index (κ3) is 1.94. The molecule has 17 heavy (non-hydrogen) atoms. The van der Waals surface area contributed by atoms with Crippen molar-refractivity contribution in [3.63, 3.8) is 0 Å². The fourth-order valence-corrected chi connectivity index (χ4v) is 1.57. The van der Waals surface area contributed by atoms with Gasteiger partial charge in [0.1, 0.15) is 5.52 Å². The molecule has 0 radical (unpaired) electrons. The highest BCUT2D eigenvalue weighted by molar-refractivity contribution is 5.73. The Morgan fingerprint density at radius 2 is 1.94 bits per heavy atom. The van der Waals surface area contributed by atoms with E-state index in [9.17, 15) is 0 Å². The maximum Gasteiger partial charge on any atom is 0.214 e. The Morgan fingerprint density at radius 3 is 2.82 bits per heavy atom. The van der Waals surface area contributed by atoms with E-state index in [0.717, 1.165) is 11.0 Å². The highest BCUT2D eigenvalue weighted by Crippen LogP contribution is 2.10. The number of pyridine rings is 1. The Labute approximate surface area is 97.7 Å². The second-order valence-electron chi connectivity index (χ2n) is 3.52. The lowest BCUT2D eigenvalue weighted by atomic mass is 10.3. The number of benzene rings is 1. The van der Waals surface area contributed by atoms with Gasteiger partial charge in [0.2, 0.25) is 5.88 Å². The van der Waals surface area contributed by atoms with Crippen molar-refractivity contribution in [1.82, 2.24) is 20.0 Å². The normalized spacial score (nSPS) is 10.6. The minimum absolute atomic E-state index is 0.303. The predicted molar refractivity (Wildman–Crippen MR) is 62.4 cm³/mol. The first-order valence-electron chi connectivity index (χ1n) is 5.25. The minimum atomic E-state index is 0.303. The van der Waals surface area contributed by atoms with Gasteiger partial charge in [0.15, 0.2) is 6.73 Å². The Kier molecular flexibility index (Phi) is 2.42. The average molecular weight is 226 g/mol. The zero-order valence-electron chi connectivity index (χ0n) is 9.02. The number of hydrogen-bond donors (Lipinski definition) is 0. The average Bonchev–Trinajstić information content (AvgIpc) is 2.81. The molecule has 3 rings (SSSR count). The lowest BCUT2D eigenvalue weighted by Gasteiger charge is -2.04. The standard InChI is InChI=1S/C12H10N4O/c1-2-6-11-10(5-1)14-15-16(11)9-17-12-7-3-4-8-13-12/h1-8H,9H2. The summed E-state index contributed by atoms with van der Waals surface area (Å²) >= 11 is 0. The molecule has 0 amide bonds. The highest BCUT2D eigenvalue weighted by atomic mass is 16.5. The highest BCUT2D eigenvalue weighted by Gasteiger charge is 2.03. The number of hydrogen-bond acceptors (Lipinski definition) is 4. The molecule has 2 aromatic heterocycles. The molecule has 0 unspecified atom stereocenters. The van der Waals surface area contributed by atoms with Gasteiger partial charge in [-0.1, -0.05) is 23.4 Å². The van der Waals surface area contributed by atoms with Crippen LogP contribution in [0.25, 0.3) is 11.0 Å². The van der Waals surface area contributed by atoms with Gasteiger partial charge >= 0.3 is 0 Å². The second kappa shape index (κ2) is 4.21. The van der Waals surface area contributed by atoms with E-state index in [1.807, 2.05) is 36.4 Å². The molecule has 0 atom stereocenters. The van der Waals surface area contributed by atoms with Crippen molar-refractivity contribution >= 4 is 11.0 Å². The molecule has 3 aromatic rings. The molecule has 0 N–H and O–H groups in total. The van der Waals surface area contributed by atoms with Gasteiger partial charge in [-0.2, -0.15) is 0 Å². The van der Waals surface area contributed by atoms with E-state index in [4.69, 9.17) is 4.74 Å². The van der Waals surface area contributed by atoms with Crippen molar-refractivity contribution in [3.8, 4) is 5.88 Å². The molecule has 0 fully saturated rings. The van der Waals surface area contributed by atoms with Crippen LogP contribution in [0.2, 0.25) is 0 Å². The fourth-order valence-electron chi connectivity index (χ4n) is 1.57. The zero-order valence-corrected chi connectivity index (χ0v) is 9.02. The third-order valence-electron chi connectivity index (χ3n) is 2.39. The van der Waals surface area contributed by atoms with Gasteiger partial charge in [-0.3, -0.25) is 0 Å². The van der Waals surface area contributed by atoms with Gasteiger partial charge in [-0.05, 0) is 18.2 Å². The summed E-state index contributed by atoms with van der Waals surface area (Å²) in [7, 11) is 0. The molecular formula is C12H10N4O. The summed E-state index contributed by atoms with van der Waals surface area (Å²) in [6.07, 6.45) is 1.69. The van der Waals surface area contributed by atoms with Gasteiger partial charge < -0.3 is 4.74 Å². The molecule has 84 valence electrons. The molecule has 0 saturated heterocycles. The van der Waals surface area contributed by atoms with Crippen LogP contribution in [-0.4, -0.2) is 20.0 Å². The first kappa shape index (κ1) is 9.77. The van der Waals surface area contributed by atoms with Gasteiger partial charge in [-0.25, -0.2) is 9.67 Å². The summed E-state index contributed by atoms with van der Waals surface area (Å²) in [4.78, 5) is 4.07. The predicted octanol–water partition coefficient (Wildman–Crippen LogP) is 1.86. The zero-order chi connectivity index (χ0) is 11.5. The van der Waals surface area contributed by atoms with Gasteiger partial charge in [0.05, 0.1) is 5.52 Å². The topological polar surface area (TPSA) is 52.8 Å². The summed E-state index contributed by atoms with van der Waals surface area (Å²) in [6, 6.07) is 13.3. The molecule has 0 aliphatic rings. The quantitative estimate of drug-likeness (QED) is 0.684. The number of rotatable bonds is 3. The van der Waals surface area contributed by atoms with Crippen LogP contribution in [-0.2, 0) is 6.73 Å². The molecule has 2 heterocycles. The maximum atomic E-state index is 5.51. The SMILES string of the molecule is c1ccc(OCn2nnc3ccccc32)nc1. The fraction of sp³-hybridized carbons (Fsp3) is 0.0833. The van der Waals surface area contributed by atoms with Crippen LogP contribution in [0.1, 0.15) is 0 Å². The van der Waals surface area contributed by atoms with Crippen LogP contribution in [0.4, 0.5) is 0 Å². The van der Waals surface area contributed by atoms with E-state index >= 15 is 0 Å². The van der Waals surface area contributed by atoms with Crippen LogP contribution >= 0.6 is 0 Å². The van der Waals surface area contributed by atoms with Crippen LogP contribution in [0.3, 0.4) is 0 Å². The molecule has 5 heteroatoms. The summed E-state index contributed by atoms with van der Waals surface area (Å²) in [5.41, 5.74) is 1.81. The van der Waals surface area contributed by atoms with Crippen LogP contribution < -0.4 is 4.74 Å². The van der Waals surface area contributed by atoms with Crippen molar-refractivity contribution in [1.29, 1.82) is 0 Å². The van der Waals surface area contributed by atoms with Crippen LogP contribution in [0.5, 0.6) is 5.88 Å². The number of aromatic nitrogens is 4. The Morgan fingerprint density at radius 1 is 1.06 bits per heavy atom. The molecule has 0 saturated carbocycles. The van der Waals surface area contributed by atoms with Crippen molar-refractivity contribution in [2.45, 2.75) is 6.73 Å². The minimum Gasteiger partial charge on any atom is -0.454 e. The van der Waals surface area contributed by atoms with Gasteiger partial charge in [0.25, 0.3) is 0 Å². The van der Waals surface area contributed by atoms with Crippen molar-refractivity contribution in [3.05, 3.63) is 48.7 Å². The molecular weight excluding hydrogens is 216 g/mol. The largest absolute Gasteiger partial charge is 0.454 e. The smallest absolute Gasteiger partial charge is 0.214 e. The first-order valence-corrected chi connectivity index (χ1v) is 5.25. The lowest BCUT2D eigenvalue weighted by molar-refractivity contribution is 0.214. The number of nitrogens with zero attached hydrogens (tertiary/aromatic N) is 4. The number of para-hydroxylation sites is 1. The molecule has 0 aliphatic carbocycles. The maximum absolute atomic E-state index is 5.51. The Bertz CT molecular complexity index is 620. The van der Waals surface area contributed by atoms with E-state index < -0.39 is 0 Å². The molecule has 5 nitrogen and oxygen atoms in total. The van der Waals surface area contributed by atoms with E-state index in [-0.39, 0.29) is 0 Å². The van der Waals surface area contributed by atoms with Crippen LogP contribution in [0, 0.1) is 0 Å². The van der Waals surface area contributed by atoms with Gasteiger partial charge in [-0.15, -0.1) is 5.10 Å². The summed E-state index contributed by atoms with van der Waals surface area (Å²) < 4.78 is 7.21.